The maximum absolute atomic E-state index is 6.54. The van der Waals surface area contributed by atoms with E-state index in [0.717, 1.165) is 0 Å². The Labute approximate surface area is 162 Å². The SMILES string of the molecule is CCOC1(OCC)C2(C)c3ccccc3C([n+]3ccccc32)C1(C)C.[Cl-]. The van der Waals surface area contributed by atoms with Crippen LogP contribution >= 0.6 is 0 Å². The standard InChI is InChI=1S/C22H28NO2.ClH/c1-6-24-22(25-7-2)20(3,4)19-16-12-8-9-13-17(16)21(22,5)18-14-10-11-15-23(18)19;/h8-15,19H,6-7H2,1-5H3;1H/q+1;/p-1. The molecule has 4 heteroatoms. The molecule has 0 N–H and O–H groups in total. The summed E-state index contributed by atoms with van der Waals surface area (Å²) in [4.78, 5) is 0. The van der Waals surface area contributed by atoms with Crippen molar-refractivity contribution in [3.8, 4) is 0 Å². The van der Waals surface area contributed by atoms with Gasteiger partial charge >= 0.3 is 0 Å². The lowest BCUT2D eigenvalue weighted by Crippen LogP contribution is -3.00. The molecule has 2 aromatic rings. The molecule has 140 valence electrons. The van der Waals surface area contributed by atoms with Crippen molar-refractivity contribution < 1.29 is 26.4 Å². The van der Waals surface area contributed by atoms with Crippen LogP contribution in [0.5, 0.6) is 0 Å². The summed E-state index contributed by atoms with van der Waals surface area (Å²) in [6.45, 7) is 12.3. The smallest absolute Gasteiger partial charge is 0.199 e. The number of aromatic nitrogens is 1. The van der Waals surface area contributed by atoms with E-state index in [4.69, 9.17) is 9.47 Å². The molecular formula is C22H28ClNO2. The Morgan fingerprint density at radius 1 is 0.923 bits per heavy atom. The van der Waals surface area contributed by atoms with Gasteiger partial charge in [0.25, 0.3) is 0 Å². The molecule has 0 amide bonds. The summed E-state index contributed by atoms with van der Waals surface area (Å²) in [5.41, 5.74) is 3.37. The van der Waals surface area contributed by atoms with Gasteiger partial charge in [-0.05, 0) is 40.2 Å². The Bertz CT molecular complexity index is 764. The van der Waals surface area contributed by atoms with Gasteiger partial charge in [0.15, 0.2) is 23.7 Å². The van der Waals surface area contributed by atoms with Crippen molar-refractivity contribution >= 4 is 0 Å². The summed E-state index contributed by atoms with van der Waals surface area (Å²) in [6.07, 6.45) is 2.21. The Morgan fingerprint density at radius 2 is 1.54 bits per heavy atom. The van der Waals surface area contributed by atoms with E-state index in [9.17, 15) is 0 Å². The second-order valence-electron chi connectivity index (χ2n) is 7.81. The second-order valence-corrected chi connectivity index (χ2v) is 7.81. The molecule has 0 radical (unpaired) electrons. The fourth-order valence-electron chi connectivity index (χ4n) is 5.60. The lowest BCUT2D eigenvalue weighted by Gasteiger charge is -2.62. The van der Waals surface area contributed by atoms with Gasteiger partial charge in [-0.3, -0.25) is 0 Å². The Hall–Kier alpha value is -1.42. The van der Waals surface area contributed by atoms with E-state index in [1.54, 1.807) is 0 Å². The molecule has 0 fully saturated rings. The molecule has 2 bridgehead atoms. The van der Waals surface area contributed by atoms with Crippen molar-refractivity contribution in [2.24, 2.45) is 5.41 Å². The van der Waals surface area contributed by atoms with Crippen LogP contribution in [-0.2, 0) is 14.9 Å². The highest BCUT2D eigenvalue weighted by Gasteiger charge is 2.76. The monoisotopic (exact) mass is 373 g/mol. The van der Waals surface area contributed by atoms with E-state index < -0.39 is 5.79 Å². The predicted octanol–water partition coefficient (Wildman–Crippen LogP) is 0.996. The fraction of sp³-hybridized carbons (Fsp3) is 0.500. The molecular weight excluding hydrogens is 346 g/mol. The molecule has 1 aromatic carbocycles. The van der Waals surface area contributed by atoms with Crippen LogP contribution in [-0.4, -0.2) is 19.0 Å². The van der Waals surface area contributed by atoms with Gasteiger partial charge in [0.05, 0.1) is 5.41 Å². The maximum Gasteiger partial charge on any atom is 0.199 e. The summed E-state index contributed by atoms with van der Waals surface area (Å²) in [5, 5.41) is 0. The van der Waals surface area contributed by atoms with Gasteiger partial charge in [-0.25, -0.2) is 0 Å². The fourth-order valence-corrected chi connectivity index (χ4v) is 5.60. The van der Waals surface area contributed by atoms with Gasteiger partial charge in [0.1, 0.15) is 5.41 Å². The van der Waals surface area contributed by atoms with E-state index in [-0.39, 0.29) is 29.3 Å². The third kappa shape index (κ3) is 2.00. The zero-order chi connectivity index (χ0) is 17.9. The molecule has 3 nitrogen and oxygen atoms in total. The molecule has 3 aliphatic rings. The minimum Gasteiger partial charge on any atom is -1.00 e. The molecule has 1 aromatic heterocycles. The van der Waals surface area contributed by atoms with Crippen molar-refractivity contribution in [1.82, 2.24) is 0 Å². The van der Waals surface area contributed by atoms with Crippen LogP contribution < -0.4 is 17.0 Å². The lowest BCUT2D eigenvalue weighted by molar-refractivity contribution is -0.760. The van der Waals surface area contributed by atoms with Gasteiger partial charge in [0, 0.05) is 30.9 Å². The highest BCUT2D eigenvalue weighted by atomic mass is 35.5. The Morgan fingerprint density at radius 3 is 2.19 bits per heavy atom. The van der Waals surface area contributed by atoms with Crippen molar-refractivity contribution in [3.63, 3.8) is 0 Å². The maximum atomic E-state index is 6.54. The number of halogens is 1. The normalized spacial score (nSPS) is 26.6. The number of hydrogen-bond donors (Lipinski definition) is 0. The molecule has 3 heterocycles. The van der Waals surface area contributed by atoms with E-state index in [2.05, 4.69) is 87.8 Å². The average Bonchev–Trinajstić information content (AvgIpc) is 2.60. The van der Waals surface area contributed by atoms with E-state index in [1.807, 2.05) is 0 Å². The zero-order valence-corrected chi connectivity index (χ0v) is 17.0. The first kappa shape index (κ1) is 19.3. The van der Waals surface area contributed by atoms with Crippen LogP contribution in [0.25, 0.3) is 0 Å². The molecule has 0 saturated carbocycles. The van der Waals surface area contributed by atoms with Crippen LogP contribution in [0.3, 0.4) is 0 Å². The quantitative estimate of drug-likeness (QED) is 0.589. The van der Waals surface area contributed by atoms with E-state index >= 15 is 0 Å². The van der Waals surface area contributed by atoms with Crippen LogP contribution in [0, 0.1) is 5.41 Å². The minimum absolute atomic E-state index is 0. The van der Waals surface area contributed by atoms with Crippen molar-refractivity contribution in [3.05, 3.63) is 65.5 Å². The topological polar surface area (TPSA) is 22.3 Å². The van der Waals surface area contributed by atoms with Gasteiger partial charge in [0.2, 0.25) is 0 Å². The van der Waals surface area contributed by atoms with Crippen LogP contribution in [0.4, 0.5) is 0 Å². The van der Waals surface area contributed by atoms with Gasteiger partial charge in [-0.2, -0.15) is 4.57 Å². The number of nitrogens with zero attached hydrogens (tertiary/aromatic N) is 1. The van der Waals surface area contributed by atoms with Crippen LogP contribution in [0.2, 0.25) is 0 Å². The third-order valence-corrected chi connectivity index (χ3v) is 6.36. The van der Waals surface area contributed by atoms with Gasteiger partial charge in [-0.1, -0.05) is 30.3 Å². The second kappa shape index (κ2) is 6.33. The van der Waals surface area contributed by atoms with Crippen LogP contribution in [0.15, 0.2) is 48.7 Å². The number of pyridine rings is 1. The Kier molecular flexibility index (Phi) is 4.71. The molecule has 1 aliphatic carbocycles. The molecule has 0 saturated heterocycles. The summed E-state index contributed by atoms with van der Waals surface area (Å²) in [6, 6.07) is 15.4. The predicted molar refractivity (Wildman–Crippen MR) is 97.4 cm³/mol. The molecule has 0 spiro atoms. The first-order chi connectivity index (χ1) is 12.0. The van der Waals surface area contributed by atoms with Gasteiger partial charge < -0.3 is 21.9 Å². The van der Waals surface area contributed by atoms with Crippen molar-refractivity contribution in [2.75, 3.05) is 13.2 Å². The van der Waals surface area contributed by atoms with Crippen molar-refractivity contribution in [2.45, 2.75) is 51.9 Å². The highest BCUT2D eigenvalue weighted by Crippen LogP contribution is 2.64. The first-order valence-electron chi connectivity index (χ1n) is 9.33. The van der Waals surface area contributed by atoms with E-state index in [0.29, 0.717) is 13.2 Å². The zero-order valence-electron chi connectivity index (χ0n) is 16.3. The average molecular weight is 374 g/mol. The number of ether oxygens (including phenoxy) is 2. The summed E-state index contributed by atoms with van der Waals surface area (Å²) in [7, 11) is 0. The van der Waals surface area contributed by atoms with Gasteiger partial charge in [-0.15, -0.1) is 0 Å². The van der Waals surface area contributed by atoms with Crippen LogP contribution in [0.1, 0.15) is 57.5 Å². The molecule has 26 heavy (non-hydrogen) atoms. The first-order valence-corrected chi connectivity index (χ1v) is 9.33. The van der Waals surface area contributed by atoms with Crippen molar-refractivity contribution in [1.29, 1.82) is 0 Å². The number of benzene rings is 1. The lowest BCUT2D eigenvalue weighted by atomic mass is 9.50. The molecule has 2 aliphatic heterocycles. The highest BCUT2D eigenvalue weighted by molar-refractivity contribution is 5.50. The minimum atomic E-state index is -0.704. The summed E-state index contributed by atoms with van der Waals surface area (Å²) >= 11 is 0. The Balaban J connectivity index is 0.00000196. The van der Waals surface area contributed by atoms with E-state index in [1.165, 1.54) is 16.8 Å². The number of rotatable bonds is 4. The molecule has 5 rings (SSSR count). The molecule has 2 unspecified atom stereocenters. The number of fused-ring (bicyclic) bond motifs is 1. The third-order valence-electron chi connectivity index (χ3n) is 6.36. The largest absolute Gasteiger partial charge is 1.00 e. The number of hydrogen-bond acceptors (Lipinski definition) is 2. The summed E-state index contributed by atoms with van der Waals surface area (Å²) in [5.74, 6) is -0.704. The molecule has 2 atom stereocenters. The summed E-state index contributed by atoms with van der Waals surface area (Å²) < 4.78 is 15.5.